The summed E-state index contributed by atoms with van der Waals surface area (Å²) in [5.74, 6) is -0.0185. The first-order valence-corrected chi connectivity index (χ1v) is 11.0. The standard InChI is InChI=1S/C25H21ClN4O3/c26-23-20(5-3-11-27-23)24(31)28-18-7-9-19(10-8-18)29-12-14-30(15-13-29)25(32)22-16-17-4-1-2-6-21(17)33-22/h1-11,16H,12-15H2,(H,28,31). The Labute approximate surface area is 195 Å². The van der Waals surface area contributed by atoms with Crippen molar-refractivity contribution in [2.24, 2.45) is 0 Å². The van der Waals surface area contributed by atoms with Crippen molar-refractivity contribution in [2.75, 3.05) is 36.4 Å². The smallest absolute Gasteiger partial charge is 0.289 e. The maximum absolute atomic E-state index is 12.9. The summed E-state index contributed by atoms with van der Waals surface area (Å²) in [6.07, 6.45) is 1.54. The number of nitrogens with zero attached hydrogens (tertiary/aromatic N) is 3. The highest BCUT2D eigenvalue weighted by Gasteiger charge is 2.24. The van der Waals surface area contributed by atoms with Gasteiger partial charge in [-0.15, -0.1) is 0 Å². The number of amides is 2. The number of aromatic nitrogens is 1. The molecule has 8 heteroatoms. The van der Waals surface area contributed by atoms with Crippen LogP contribution in [0.4, 0.5) is 11.4 Å². The van der Waals surface area contributed by atoms with Crippen LogP contribution in [0, 0.1) is 0 Å². The number of benzene rings is 2. The van der Waals surface area contributed by atoms with Crippen molar-refractivity contribution in [3.05, 3.63) is 89.4 Å². The molecule has 3 heterocycles. The van der Waals surface area contributed by atoms with Gasteiger partial charge in [-0.25, -0.2) is 4.98 Å². The highest BCUT2D eigenvalue weighted by atomic mass is 35.5. The first-order valence-electron chi connectivity index (χ1n) is 10.6. The van der Waals surface area contributed by atoms with Crippen LogP contribution < -0.4 is 10.2 Å². The fourth-order valence-electron chi connectivity index (χ4n) is 3.92. The van der Waals surface area contributed by atoms with Gasteiger partial charge >= 0.3 is 0 Å². The Morgan fingerprint density at radius 1 is 0.939 bits per heavy atom. The van der Waals surface area contributed by atoms with Crippen LogP contribution in [-0.2, 0) is 0 Å². The molecule has 2 aromatic heterocycles. The van der Waals surface area contributed by atoms with E-state index in [-0.39, 0.29) is 17.0 Å². The fourth-order valence-corrected chi connectivity index (χ4v) is 4.13. The summed E-state index contributed by atoms with van der Waals surface area (Å²) in [5.41, 5.74) is 2.75. The lowest BCUT2D eigenvalue weighted by Gasteiger charge is -2.35. The van der Waals surface area contributed by atoms with E-state index in [4.69, 9.17) is 16.0 Å². The quantitative estimate of drug-likeness (QED) is 0.447. The Balaban J connectivity index is 1.19. The van der Waals surface area contributed by atoms with Crippen LogP contribution in [0.15, 0.2) is 77.3 Å². The molecule has 1 aliphatic rings. The third-order valence-corrected chi connectivity index (χ3v) is 6.00. The SMILES string of the molecule is O=C(Nc1ccc(N2CCN(C(=O)c3cc4ccccc4o3)CC2)cc1)c1cccnc1Cl. The molecule has 2 aromatic carbocycles. The number of nitrogens with one attached hydrogen (secondary N) is 1. The first-order chi connectivity index (χ1) is 16.1. The van der Waals surface area contributed by atoms with E-state index in [1.807, 2.05) is 53.4 Å². The highest BCUT2D eigenvalue weighted by molar-refractivity contribution is 6.33. The molecule has 7 nitrogen and oxygen atoms in total. The largest absolute Gasteiger partial charge is 0.451 e. The van der Waals surface area contributed by atoms with Crippen molar-refractivity contribution in [3.8, 4) is 0 Å². The zero-order valence-corrected chi connectivity index (χ0v) is 18.5. The second-order valence-corrected chi connectivity index (χ2v) is 8.13. The van der Waals surface area contributed by atoms with E-state index in [2.05, 4.69) is 15.2 Å². The maximum atomic E-state index is 12.9. The number of piperazine rings is 1. The number of hydrogen-bond donors (Lipinski definition) is 1. The topological polar surface area (TPSA) is 78.7 Å². The number of carbonyl (C=O) groups excluding carboxylic acids is 2. The molecule has 0 saturated carbocycles. The Kier molecular flexibility index (Phi) is 5.71. The van der Waals surface area contributed by atoms with Crippen LogP contribution in [-0.4, -0.2) is 47.9 Å². The van der Waals surface area contributed by atoms with Gasteiger partial charge < -0.3 is 19.5 Å². The lowest BCUT2D eigenvalue weighted by molar-refractivity contribution is 0.0717. The summed E-state index contributed by atoms with van der Waals surface area (Å²) in [6.45, 7) is 2.63. The van der Waals surface area contributed by atoms with E-state index in [0.717, 1.165) is 16.7 Å². The average Bonchev–Trinajstić information content (AvgIpc) is 3.29. The second-order valence-electron chi connectivity index (χ2n) is 7.77. The lowest BCUT2D eigenvalue weighted by atomic mass is 10.2. The van der Waals surface area contributed by atoms with Crippen LogP contribution in [0.3, 0.4) is 0 Å². The van der Waals surface area contributed by atoms with Crippen LogP contribution in [0.2, 0.25) is 5.15 Å². The van der Waals surface area contributed by atoms with Gasteiger partial charge in [-0.2, -0.15) is 0 Å². The minimum atomic E-state index is -0.307. The van der Waals surface area contributed by atoms with E-state index in [1.165, 1.54) is 6.20 Å². The molecule has 0 bridgehead atoms. The highest BCUT2D eigenvalue weighted by Crippen LogP contribution is 2.23. The monoisotopic (exact) mass is 460 g/mol. The Hall–Kier alpha value is -3.84. The molecule has 5 rings (SSSR count). The molecule has 0 spiro atoms. The normalized spacial score (nSPS) is 13.8. The van der Waals surface area contributed by atoms with Crippen molar-refractivity contribution in [1.82, 2.24) is 9.88 Å². The van der Waals surface area contributed by atoms with Gasteiger partial charge in [0, 0.05) is 49.1 Å². The predicted molar refractivity (Wildman–Crippen MR) is 128 cm³/mol. The van der Waals surface area contributed by atoms with E-state index in [1.54, 1.807) is 18.2 Å². The lowest BCUT2D eigenvalue weighted by Crippen LogP contribution is -2.48. The minimum Gasteiger partial charge on any atom is -0.451 e. The number of pyridine rings is 1. The molecule has 4 aromatic rings. The van der Waals surface area contributed by atoms with Gasteiger partial charge in [0.2, 0.25) is 0 Å². The first kappa shape index (κ1) is 21.0. The molecule has 33 heavy (non-hydrogen) atoms. The summed E-state index contributed by atoms with van der Waals surface area (Å²) >= 11 is 5.99. The number of anilines is 2. The number of halogens is 1. The number of carbonyl (C=O) groups is 2. The van der Waals surface area contributed by atoms with Gasteiger partial charge in [-0.1, -0.05) is 29.8 Å². The molecule has 166 valence electrons. The summed E-state index contributed by atoms with van der Waals surface area (Å²) in [7, 11) is 0. The van der Waals surface area contributed by atoms with Crippen molar-refractivity contribution in [3.63, 3.8) is 0 Å². The zero-order valence-electron chi connectivity index (χ0n) is 17.7. The van der Waals surface area contributed by atoms with Crippen molar-refractivity contribution >= 4 is 45.8 Å². The van der Waals surface area contributed by atoms with E-state index < -0.39 is 0 Å². The molecule has 0 aliphatic carbocycles. The van der Waals surface area contributed by atoms with E-state index in [0.29, 0.717) is 43.2 Å². The van der Waals surface area contributed by atoms with Gasteiger partial charge in [0.1, 0.15) is 10.7 Å². The molecule has 1 fully saturated rings. The van der Waals surface area contributed by atoms with Crippen LogP contribution >= 0.6 is 11.6 Å². The third-order valence-electron chi connectivity index (χ3n) is 5.70. The summed E-state index contributed by atoms with van der Waals surface area (Å²) in [5, 5.41) is 3.93. The molecule has 1 N–H and O–H groups in total. The Bertz CT molecular complexity index is 1280. The second kappa shape index (κ2) is 8.96. The van der Waals surface area contributed by atoms with Gasteiger partial charge in [-0.3, -0.25) is 9.59 Å². The molecule has 0 unspecified atom stereocenters. The molecule has 1 saturated heterocycles. The van der Waals surface area contributed by atoms with E-state index >= 15 is 0 Å². The number of rotatable bonds is 4. The van der Waals surface area contributed by atoms with Gasteiger partial charge in [0.05, 0.1) is 5.56 Å². The van der Waals surface area contributed by atoms with Gasteiger partial charge in [-0.05, 0) is 48.5 Å². The number of para-hydroxylation sites is 1. The third kappa shape index (κ3) is 4.40. The minimum absolute atomic E-state index is 0.0852. The molecule has 0 atom stereocenters. The Morgan fingerprint density at radius 3 is 2.42 bits per heavy atom. The van der Waals surface area contributed by atoms with Gasteiger partial charge in [0.15, 0.2) is 5.76 Å². The molecule has 2 amide bonds. The summed E-state index contributed by atoms with van der Waals surface area (Å²) in [4.78, 5) is 33.2. The maximum Gasteiger partial charge on any atom is 0.289 e. The van der Waals surface area contributed by atoms with Crippen LogP contribution in [0.1, 0.15) is 20.9 Å². The zero-order chi connectivity index (χ0) is 22.8. The average molecular weight is 461 g/mol. The predicted octanol–water partition coefficient (Wildman–Crippen LogP) is 4.70. The van der Waals surface area contributed by atoms with Crippen molar-refractivity contribution in [2.45, 2.75) is 0 Å². The molecule has 1 aliphatic heterocycles. The molecule has 0 radical (unpaired) electrons. The van der Waals surface area contributed by atoms with E-state index in [9.17, 15) is 9.59 Å². The molecular formula is C25H21ClN4O3. The molecular weight excluding hydrogens is 440 g/mol. The summed E-state index contributed by atoms with van der Waals surface area (Å²) < 4.78 is 5.73. The van der Waals surface area contributed by atoms with Gasteiger partial charge in [0.25, 0.3) is 11.8 Å². The Morgan fingerprint density at radius 2 is 1.70 bits per heavy atom. The summed E-state index contributed by atoms with van der Waals surface area (Å²) in [6, 6.07) is 20.3. The number of fused-ring (bicyclic) bond motifs is 1. The number of furan rings is 1. The van der Waals surface area contributed by atoms with Crippen LogP contribution in [0.5, 0.6) is 0 Å². The number of hydrogen-bond acceptors (Lipinski definition) is 5. The fraction of sp³-hybridized carbons (Fsp3) is 0.160. The van der Waals surface area contributed by atoms with Crippen molar-refractivity contribution < 1.29 is 14.0 Å². The van der Waals surface area contributed by atoms with Crippen molar-refractivity contribution in [1.29, 1.82) is 0 Å². The van der Waals surface area contributed by atoms with Crippen LogP contribution in [0.25, 0.3) is 11.0 Å².